The van der Waals surface area contributed by atoms with E-state index in [2.05, 4.69) is 28.6 Å². The summed E-state index contributed by atoms with van der Waals surface area (Å²) in [6.07, 6.45) is 1.74. The molecular weight excluding hydrogens is 208 g/mol. The highest BCUT2D eigenvalue weighted by Gasteiger charge is 2.20. The Morgan fingerprint density at radius 3 is 2.47 bits per heavy atom. The van der Waals surface area contributed by atoms with Gasteiger partial charge in [-0.25, -0.2) is 4.98 Å². The van der Waals surface area contributed by atoms with E-state index < -0.39 is 0 Å². The summed E-state index contributed by atoms with van der Waals surface area (Å²) in [6, 6.07) is 0.647. The number of nitrogens with two attached hydrogens (primary N) is 1. The van der Waals surface area contributed by atoms with Gasteiger partial charge in [0.1, 0.15) is 5.00 Å². The minimum atomic E-state index is 0.647. The fourth-order valence-electron chi connectivity index (χ4n) is 1.85. The Morgan fingerprint density at radius 1 is 1.33 bits per heavy atom. The van der Waals surface area contributed by atoms with Crippen LogP contribution in [0.3, 0.4) is 0 Å². The van der Waals surface area contributed by atoms with Gasteiger partial charge in [-0.15, -0.1) is 0 Å². The summed E-state index contributed by atoms with van der Waals surface area (Å²) in [4.78, 5) is 9.12. The lowest BCUT2D eigenvalue weighted by atomic mass is 10.2. The highest BCUT2D eigenvalue weighted by atomic mass is 32.1. The van der Waals surface area contributed by atoms with Crippen molar-refractivity contribution in [2.75, 3.05) is 36.8 Å². The average Bonchev–Trinajstić information content (AvgIpc) is 2.65. The third-order valence-corrected chi connectivity index (χ3v) is 3.71. The van der Waals surface area contributed by atoms with Gasteiger partial charge in [-0.05, 0) is 13.8 Å². The van der Waals surface area contributed by atoms with Gasteiger partial charge in [-0.2, -0.15) is 0 Å². The van der Waals surface area contributed by atoms with Crippen LogP contribution < -0.4 is 10.6 Å². The molecule has 1 aliphatic rings. The standard InChI is InChI=1S/C10H18N4S/c1-8(2)13-3-5-14(6-4-13)10-12-7-9(11)15-10/h7-8H,3-6,11H2,1-2H3. The van der Waals surface area contributed by atoms with Crippen LogP contribution in [0.1, 0.15) is 13.8 Å². The number of thiazole rings is 1. The molecule has 0 atom stereocenters. The van der Waals surface area contributed by atoms with Crippen molar-refractivity contribution < 1.29 is 0 Å². The number of hydrogen-bond acceptors (Lipinski definition) is 5. The molecule has 1 aromatic rings. The smallest absolute Gasteiger partial charge is 0.187 e. The van der Waals surface area contributed by atoms with Crippen molar-refractivity contribution in [2.24, 2.45) is 0 Å². The quantitative estimate of drug-likeness (QED) is 0.824. The summed E-state index contributed by atoms with van der Waals surface area (Å²) in [5.41, 5.74) is 5.68. The number of hydrogen-bond donors (Lipinski definition) is 1. The third kappa shape index (κ3) is 2.41. The van der Waals surface area contributed by atoms with Crippen molar-refractivity contribution in [3.63, 3.8) is 0 Å². The van der Waals surface area contributed by atoms with E-state index in [9.17, 15) is 0 Å². The Morgan fingerprint density at radius 2 is 2.00 bits per heavy atom. The van der Waals surface area contributed by atoms with Gasteiger partial charge in [0.2, 0.25) is 0 Å². The molecule has 0 amide bonds. The first-order valence-corrected chi connectivity index (χ1v) is 6.19. The lowest BCUT2D eigenvalue weighted by molar-refractivity contribution is 0.209. The largest absolute Gasteiger partial charge is 0.389 e. The first-order valence-electron chi connectivity index (χ1n) is 5.37. The van der Waals surface area contributed by atoms with Crippen molar-refractivity contribution in [3.8, 4) is 0 Å². The van der Waals surface area contributed by atoms with Gasteiger partial charge in [0.15, 0.2) is 5.13 Å². The van der Waals surface area contributed by atoms with E-state index in [0.717, 1.165) is 36.3 Å². The van der Waals surface area contributed by atoms with Crippen LogP contribution in [0.4, 0.5) is 10.1 Å². The number of piperazine rings is 1. The van der Waals surface area contributed by atoms with Gasteiger partial charge in [-0.1, -0.05) is 11.3 Å². The molecule has 2 heterocycles. The number of nitrogen functional groups attached to an aromatic ring is 1. The zero-order valence-corrected chi connectivity index (χ0v) is 10.1. The highest BCUT2D eigenvalue weighted by Crippen LogP contribution is 2.25. The molecule has 0 radical (unpaired) electrons. The number of aromatic nitrogens is 1. The summed E-state index contributed by atoms with van der Waals surface area (Å²) in [5, 5.41) is 1.87. The number of rotatable bonds is 2. The molecule has 5 heteroatoms. The van der Waals surface area contributed by atoms with E-state index in [4.69, 9.17) is 5.73 Å². The molecule has 1 aromatic heterocycles. The Hall–Kier alpha value is -0.810. The summed E-state index contributed by atoms with van der Waals surface area (Å²) in [7, 11) is 0. The van der Waals surface area contributed by atoms with Crippen LogP contribution in [-0.2, 0) is 0 Å². The van der Waals surface area contributed by atoms with Crippen LogP contribution in [0, 0.1) is 0 Å². The van der Waals surface area contributed by atoms with Crippen molar-refractivity contribution >= 4 is 21.5 Å². The third-order valence-electron chi connectivity index (χ3n) is 2.83. The molecule has 0 spiro atoms. The van der Waals surface area contributed by atoms with E-state index in [1.54, 1.807) is 17.5 Å². The maximum atomic E-state index is 5.68. The number of anilines is 2. The average molecular weight is 226 g/mol. The fraction of sp³-hybridized carbons (Fsp3) is 0.700. The van der Waals surface area contributed by atoms with E-state index in [1.165, 1.54) is 0 Å². The summed E-state index contributed by atoms with van der Waals surface area (Å²) >= 11 is 1.58. The second-order valence-electron chi connectivity index (χ2n) is 4.16. The molecule has 1 fully saturated rings. The zero-order valence-electron chi connectivity index (χ0n) is 9.31. The molecule has 0 aromatic carbocycles. The first-order chi connectivity index (χ1) is 7.16. The molecule has 2 rings (SSSR count). The van der Waals surface area contributed by atoms with Gasteiger partial charge in [0, 0.05) is 32.2 Å². The highest BCUT2D eigenvalue weighted by molar-refractivity contribution is 7.19. The normalized spacial score (nSPS) is 18.7. The maximum absolute atomic E-state index is 5.68. The maximum Gasteiger partial charge on any atom is 0.187 e. The van der Waals surface area contributed by atoms with Gasteiger partial charge in [0.25, 0.3) is 0 Å². The summed E-state index contributed by atoms with van der Waals surface area (Å²) in [6.45, 7) is 8.86. The van der Waals surface area contributed by atoms with Crippen molar-refractivity contribution in [2.45, 2.75) is 19.9 Å². The van der Waals surface area contributed by atoms with Crippen LogP contribution in [0.2, 0.25) is 0 Å². The van der Waals surface area contributed by atoms with Crippen LogP contribution >= 0.6 is 11.3 Å². The van der Waals surface area contributed by atoms with E-state index in [0.29, 0.717) is 6.04 Å². The second-order valence-corrected chi connectivity index (χ2v) is 5.20. The number of nitrogens with zero attached hydrogens (tertiary/aromatic N) is 3. The lowest BCUT2D eigenvalue weighted by Gasteiger charge is -2.36. The van der Waals surface area contributed by atoms with Crippen LogP contribution in [-0.4, -0.2) is 42.1 Å². The van der Waals surface area contributed by atoms with Crippen LogP contribution in [0.25, 0.3) is 0 Å². The molecule has 0 aliphatic carbocycles. The molecule has 4 nitrogen and oxygen atoms in total. The van der Waals surface area contributed by atoms with Gasteiger partial charge < -0.3 is 10.6 Å². The van der Waals surface area contributed by atoms with Crippen molar-refractivity contribution in [1.82, 2.24) is 9.88 Å². The van der Waals surface area contributed by atoms with E-state index in [-0.39, 0.29) is 0 Å². The predicted molar refractivity (Wildman–Crippen MR) is 65.4 cm³/mol. The molecule has 0 unspecified atom stereocenters. The van der Waals surface area contributed by atoms with Gasteiger partial charge in [-0.3, -0.25) is 4.90 Å². The summed E-state index contributed by atoms with van der Waals surface area (Å²) < 4.78 is 0. The molecule has 1 aliphatic heterocycles. The van der Waals surface area contributed by atoms with E-state index >= 15 is 0 Å². The van der Waals surface area contributed by atoms with Crippen LogP contribution in [0.15, 0.2) is 6.20 Å². The molecule has 0 saturated carbocycles. The van der Waals surface area contributed by atoms with Crippen LogP contribution in [0.5, 0.6) is 0 Å². The van der Waals surface area contributed by atoms with E-state index in [1.807, 2.05) is 0 Å². The van der Waals surface area contributed by atoms with Gasteiger partial charge in [0.05, 0.1) is 6.20 Å². The SMILES string of the molecule is CC(C)N1CCN(c2ncc(N)s2)CC1. The molecule has 0 bridgehead atoms. The minimum absolute atomic E-state index is 0.647. The van der Waals surface area contributed by atoms with Crippen molar-refractivity contribution in [1.29, 1.82) is 0 Å². The predicted octanol–water partition coefficient (Wildman–Crippen LogP) is 1.26. The molecule has 15 heavy (non-hydrogen) atoms. The first kappa shape index (κ1) is 10.7. The van der Waals surface area contributed by atoms with Gasteiger partial charge >= 0.3 is 0 Å². The fourth-order valence-corrected chi connectivity index (χ4v) is 2.59. The Kier molecular flexibility index (Phi) is 3.11. The summed E-state index contributed by atoms with van der Waals surface area (Å²) in [5.74, 6) is 0. The minimum Gasteiger partial charge on any atom is -0.389 e. The molecular formula is C10H18N4S. The second kappa shape index (κ2) is 4.37. The molecule has 2 N–H and O–H groups in total. The topological polar surface area (TPSA) is 45.4 Å². The molecule has 1 saturated heterocycles. The van der Waals surface area contributed by atoms with Crippen molar-refractivity contribution in [3.05, 3.63) is 6.20 Å². The zero-order chi connectivity index (χ0) is 10.8. The Labute approximate surface area is 94.7 Å². The molecule has 84 valence electrons. The Bertz CT molecular complexity index is 315. The Balaban J connectivity index is 1.93. The lowest BCUT2D eigenvalue weighted by Crippen LogP contribution is -2.48. The monoisotopic (exact) mass is 226 g/mol.